The summed E-state index contributed by atoms with van der Waals surface area (Å²) >= 11 is 0. The first-order valence-corrected chi connectivity index (χ1v) is 15.7. The lowest BCUT2D eigenvalue weighted by Gasteiger charge is -2.31. The second-order valence-electron chi connectivity index (χ2n) is 12.0. The lowest BCUT2D eigenvalue weighted by atomic mass is 10.0. The third-order valence-corrected chi connectivity index (χ3v) is 8.06. The van der Waals surface area contributed by atoms with Crippen molar-refractivity contribution in [1.29, 1.82) is 0 Å². The van der Waals surface area contributed by atoms with Gasteiger partial charge >= 0.3 is 12.1 Å². The molecule has 4 amide bonds. The number of likely N-dealkylation sites (tertiary alicyclic amines) is 1. The number of primary amides is 1. The highest BCUT2D eigenvalue weighted by Gasteiger charge is 2.44. The predicted molar refractivity (Wildman–Crippen MR) is 175 cm³/mol. The zero-order chi connectivity index (χ0) is 37.2. The van der Waals surface area contributed by atoms with Gasteiger partial charge in [0, 0.05) is 24.9 Å². The third kappa shape index (κ3) is 10.6. The van der Waals surface area contributed by atoms with Gasteiger partial charge in [-0.15, -0.1) is 5.10 Å². The van der Waals surface area contributed by atoms with E-state index in [1.165, 1.54) is 4.90 Å². The molecule has 1 aromatic heterocycles. The Balaban J connectivity index is 0.000000872. The molecule has 0 unspecified atom stereocenters. The van der Waals surface area contributed by atoms with Crippen LogP contribution in [0.5, 0.6) is 0 Å². The van der Waals surface area contributed by atoms with Crippen molar-refractivity contribution in [3.05, 3.63) is 72.4 Å². The summed E-state index contributed by atoms with van der Waals surface area (Å²) < 4.78 is 33.4. The summed E-state index contributed by atoms with van der Waals surface area (Å²) in [5.74, 6) is -4.91. The maximum atomic E-state index is 14.0. The molecule has 2 heterocycles. The number of aliphatic carboxylic acids is 1. The van der Waals surface area contributed by atoms with Crippen LogP contribution < -0.4 is 21.7 Å². The molecule has 5 atom stereocenters. The third-order valence-electron chi connectivity index (χ3n) is 8.06. The molecule has 1 aliphatic rings. The van der Waals surface area contributed by atoms with Crippen LogP contribution in [0.2, 0.25) is 0 Å². The predicted octanol–water partition coefficient (Wildman–Crippen LogP) is 1.68. The number of carboxylic acids is 1. The van der Waals surface area contributed by atoms with Gasteiger partial charge in [-0.2, -0.15) is 13.2 Å². The van der Waals surface area contributed by atoms with Gasteiger partial charge in [-0.3, -0.25) is 19.2 Å². The zero-order valence-corrected chi connectivity index (χ0v) is 27.9. The number of benzene rings is 2. The smallest absolute Gasteiger partial charge is 0.475 e. The van der Waals surface area contributed by atoms with Gasteiger partial charge in [-0.05, 0) is 25.5 Å². The van der Waals surface area contributed by atoms with Gasteiger partial charge in [-0.25, -0.2) is 9.48 Å². The summed E-state index contributed by atoms with van der Waals surface area (Å²) in [6.45, 7) is 5.53. The van der Waals surface area contributed by atoms with Crippen LogP contribution in [0.15, 0.2) is 66.9 Å². The van der Waals surface area contributed by atoms with E-state index in [9.17, 15) is 32.3 Å². The molecule has 0 saturated carbocycles. The van der Waals surface area contributed by atoms with Crippen molar-refractivity contribution < 1.29 is 42.3 Å². The lowest BCUT2D eigenvalue weighted by molar-refractivity contribution is -0.192. The number of alkyl halides is 3. The first-order chi connectivity index (χ1) is 23.5. The van der Waals surface area contributed by atoms with Crippen LogP contribution in [0.3, 0.4) is 0 Å². The van der Waals surface area contributed by atoms with E-state index in [1.54, 1.807) is 24.9 Å². The Kier molecular flexibility index (Phi) is 13.6. The Labute approximate surface area is 286 Å². The van der Waals surface area contributed by atoms with Gasteiger partial charge in [0.15, 0.2) is 0 Å². The molecule has 17 heteroatoms. The molecular weight excluding hydrogens is 661 g/mol. The van der Waals surface area contributed by atoms with Gasteiger partial charge in [0.1, 0.15) is 23.8 Å². The van der Waals surface area contributed by atoms with Crippen molar-refractivity contribution in [2.45, 2.75) is 70.0 Å². The highest BCUT2D eigenvalue weighted by Crippen LogP contribution is 2.30. The second kappa shape index (κ2) is 17.4. The molecule has 0 radical (unpaired) electrons. The quantitative estimate of drug-likeness (QED) is 0.186. The number of hydrogen-bond donors (Lipinski definition) is 5. The Morgan fingerprint density at radius 3 is 2.08 bits per heavy atom. The fourth-order valence-electron chi connectivity index (χ4n) is 5.14. The topological polar surface area (TPSA) is 202 Å². The minimum absolute atomic E-state index is 0.162. The Morgan fingerprint density at radius 2 is 1.56 bits per heavy atom. The first-order valence-electron chi connectivity index (χ1n) is 15.7. The van der Waals surface area contributed by atoms with E-state index in [0.29, 0.717) is 5.69 Å². The van der Waals surface area contributed by atoms with Crippen molar-refractivity contribution in [3.8, 4) is 11.3 Å². The van der Waals surface area contributed by atoms with E-state index in [1.807, 2.05) is 74.5 Å². The van der Waals surface area contributed by atoms with Crippen molar-refractivity contribution in [1.82, 2.24) is 35.8 Å². The molecule has 1 fully saturated rings. The zero-order valence-electron chi connectivity index (χ0n) is 27.9. The highest BCUT2D eigenvalue weighted by molar-refractivity contribution is 5.95. The molecule has 1 saturated heterocycles. The number of likely N-dealkylation sites (N-methyl/N-ethyl adjacent to an activating group) is 1. The van der Waals surface area contributed by atoms with E-state index < -0.39 is 54.0 Å². The maximum absolute atomic E-state index is 14.0. The summed E-state index contributed by atoms with van der Waals surface area (Å²) in [5, 5.41) is 24.2. The van der Waals surface area contributed by atoms with Crippen LogP contribution >= 0.6 is 0 Å². The molecule has 2 aromatic carbocycles. The lowest BCUT2D eigenvalue weighted by Crippen LogP contribution is -2.58. The number of carbonyl (C=O) groups is 5. The van der Waals surface area contributed by atoms with Gasteiger partial charge in [0.25, 0.3) is 0 Å². The number of carboxylic acid groups (broad SMARTS) is 1. The molecule has 3 aromatic rings. The Hall–Kier alpha value is -5.32. The number of rotatable bonds is 12. The molecule has 0 aliphatic carbocycles. The normalized spacial score (nSPS) is 17.6. The van der Waals surface area contributed by atoms with Gasteiger partial charge < -0.3 is 31.7 Å². The molecule has 0 bridgehead atoms. The Bertz CT molecular complexity index is 1620. The number of aromatic nitrogens is 3. The van der Waals surface area contributed by atoms with Crippen LogP contribution in [0, 0.1) is 5.92 Å². The SMILES string of the molecule is CN[C@@H](C)C(=O)N[C@H](C(=O)N1C[C@@H](n2cc(-c3ccccc3)nn2)C[C@H]1C(=O)N[C@@H](Cc1ccccc1)C(N)=O)C(C)C.O=C(O)C(F)(F)F. The van der Waals surface area contributed by atoms with E-state index in [4.69, 9.17) is 15.6 Å². The number of amides is 4. The summed E-state index contributed by atoms with van der Waals surface area (Å²) in [4.78, 5) is 63.3. The first kappa shape index (κ1) is 39.1. The molecule has 270 valence electrons. The van der Waals surface area contributed by atoms with Gasteiger partial charge in [0.05, 0.1) is 18.3 Å². The molecule has 50 heavy (non-hydrogen) atoms. The van der Waals surface area contributed by atoms with Crippen molar-refractivity contribution in [2.24, 2.45) is 11.7 Å². The summed E-state index contributed by atoms with van der Waals surface area (Å²) in [7, 11) is 1.66. The standard InChI is InChI=1S/C31H40N8O4.C2HF3O2/c1-19(2)27(35-29(41)20(3)33-4)31(43)38-17-23(39-18-25(36-37-39)22-13-9-6-10-14-22)16-26(38)30(42)34-24(28(32)40)15-21-11-7-5-8-12-21;3-2(4,5)1(6)7/h5-14,18-20,23-24,26-27,33H,15-17H2,1-4H3,(H2,32,40)(H,34,42)(H,35,41);(H,6,7)/t20-,23-,24-,26-,27-;/m0./s1. The largest absolute Gasteiger partial charge is 0.490 e. The Morgan fingerprint density at radius 1 is 0.980 bits per heavy atom. The van der Waals surface area contributed by atoms with Crippen LogP contribution in [0.25, 0.3) is 11.3 Å². The number of nitrogens with one attached hydrogen (secondary N) is 3. The fourth-order valence-corrected chi connectivity index (χ4v) is 5.14. The average Bonchev–Trinajstić information content (AvgIpc) is 3.75. The average molecular weight is 703 g/mol. The fraction of sp³-hybridized carbons (Fsp3) is 0.424. The number of carbonyl (C=O) groups excluding carboxylic acids is 4. The summed E-state index contributed by atoms with van der Waals surface area (Å²) in [6.07, 6.45) is -2.85. The van der Waals surface area contributed by atoms with Crippen LogP contribution in [-0.4, -0.2) is 98.5 Å². The van der Waals surface area contributed by atoms with E-state index in [2.05, 4.69) is 26.3 Å². The molecule has 6 N–H and O–H groups in total. The second-order valence-corrected chi connectivity index (χ2v) is 12.0. The van der Waals surface area contributed by atoms with E-state index in [0.717, 1.165) is 11.1 Å². The molecule has 0 spiro atoms. The minimum atomic E-state index is -5.08. The number of halogens is 3. The van der Waals surface area contributed by atoms with Crippen LogP contribution in [0.4, 0.5) is 13.2 Å². The van der Waals surface area contributed by atoms with E-state index >= 15 is 0 Å². The number of nitrogens with two attached hydrogens (primary N) is 1. The van der Waals surface area contributed by atoms with Crippen LogP contribution in [-0.2, 0) is 30.4 Å². The number of hydrogen-bond acceptors (Lipinski definition) is 8. The van der Waals surface area contributed by atoms with Crippen molar-refractivity contribution in [3.63, 3.8) is 0 Å². The number of nitrogens with zero attached hydrogens (tertiary/aromatic N) is 4. The summed E-state index contributed by atoms with van der Waals surface area (Å²) in [6, 6.07) is 15.2. The van der Waals surface area contributed by atoms with Gasteiger partial charge in [-0.1, -0.05) is 79.7 Å². The monoisotopic (exact) mass is 702 g/mol. The van der Waals surface area contributed by atoms with Crippen molar-refractivity contribution >= 4 is 29.6 Å². The van der Waals surface area contributed by atoms with Crippen molar-refractivity contribution in [2.75, 3.05) is 13.6 Å². The molecule has 14 nitrogen and oxygen atoms in total. The van der Waals surface area contributed by atoms with Gasteiger partial charge in [0.2, 0.25) is 23.6 Å². The van der Waals surface area contributed by atoms with E-state index in [-0.39, 0.29) is 37.3 Å². The minimum Gasteiger partial charge on any atom is -0.475 e. The van der Waals surface area contributed by atoms with Crippen LogP contribution in [0.1, 0.15) is 38.8 Å². The maximum Gasteiger partial charge on any atom is 0.490 e. The molecular formula is C33H41F3N8O6. The molecule has 1 aliphatic heterocycles. The molecule has 4 rings (SSSR count). The summed E-state index contributed by atoms with van der Waals surface area (Å²) in [5.41, 5.74) is 8.06. The highest BCUT2D eigenvalue weighted by atomic mass is 19.4.